The van der Waals surface area contributed by atoms with Crippen molar-refractivity contribution in [3.05, 3.63) is 23.0 Å². The van der Waals surface area contributed by atoms with Gasteiger partial charge in [-0.2, -0.15) is 0 Å². The molecule has 1 atom stereocenters. The highest BCUT2D eigenvalue weighted by Crippen LogP contribution is 2.14. The molecule has 1 aromatic rings. The van der Waals surface area contributed by atoms with Gasteiger partial charge in [0.25, 0.3) is 5.91 Å². The molecule has 1 saturated heterocycles. The molecule has 2 rings (SSSR count). The molecule has 1 fully saturated rings. The number of aromatic nitrogens is 1. The molecule has 0 aliphatic carbocycles. The molecule has 1 aliphatic rings. The number of nitrogens with one attached hydrogen (secondary N) is 2. The van der Waals surface area contributed by atoms with Gasteiger partial charge in [0.2, 0.25) is 5.91 Å². The van der Waals surface area contributed by atoms with Crippen molar-refractivity contribution >= 4 is 21.7 Å². The molecular weight excluding hydrogens is 318 g/mol. The summed E-state index contributed by atoms with van der Waals surface area (Å²) in [6.45, 7) is 6.42. The molecule has 1 aromatic heterocycles. The number of nitrogens with zero attached hydrogens (tertiary/aromatic N) is 1. The fraction of sp³-hybridized carbons (Fsp3) is 0.600. The third-order valence-corrected chi connectivity index (χ3v) is 5.91. The number of aryl methyl sites for hydroxylation is 1. The van der Waals surface area contributed by atoms with Crippen LogP contribution in [0.4, 0.5) is 0 Å². The fourth-order valence-corrected chi connectivity index (χ4v) is 4.63. The van der Waals surface area contributed by atoms with Crippen LogP contribution >= 0.6 is 0 Å². The maximum Gasteiger partial charge on any atom is 0.253 e. The lowest BCUT2D eigenvalue weighted by Gasteiger charge is -2.11. The van der Waals surface area contributed by atoms with E-state index >= 15 is 0 Å². The van der Waals surface area contributed by atoms with E-state index in [0.29, 0.717) is 12.0 Å². The van der Waals surface area contributed by atoms with Crippen molar-refractivity contribution in [1.29, 1.82) is 0 Å². The summed E-state index contributed by atoms with van der Waals surface area (Å²) in [5.74, 6) is -0.589. The van der Waals surface area contributed by atoms with Crippen molar-refractivity contribution in [2.75, 3.05) is 18.1 Å². The molecule has 0 aromatic carbocycles. The number of sulfone groups is 1. The molecule has 23 heavy (non-hydrogen) atoms. The zero-order valence-electron chi connectivity index (χ0n) is 13.7. The van der Waals surface area contributed by atoms with Crippen LogP contribution in [0.5, 0.6) is 0 Å². The van der Waals surface area contributed by atoms with Crippen molar-refractivity contribution < 1.29 is 18.0 Å². The van der Waals surface area contributed by atoms with Gasteiger partial charge in [0.05, 0.1) is 23.6 Å². The lowest BCUT2D eigenvalue weighted by Crippen LogP contribution is -2.42. The third kappa shape index (κ3) is 4.13. The second-order valence-corrected chi connectivity index (χ2v) is 8.11. The smallest absolute Gasteiger partial charge is 0.253 e. The van der Waals surface area contributed by atoms with E-state index in [1.807, 2.05) is 25.3 Å². The first kappa shape index (κ1) is 17.5. The molecule has 0 saturated carbocycles. The summed E-state index contributed by atoms with van der Waals surface area (Å²) in [6.07, 6.45) is 0.430. The molecule has 7 nitrogen and oxygen atoms in total. The fourth-order valence-electron chi connectivity index (χ4n) is 2.96. The second kappa shape index (κ2) is 6.74. The van der Waals surface area contributed by atoms with Crippen LogP contribution in [-0.4, -0.2) is 48.9 Å². The van der Waals surface area contributed by atoms with Crippen LogP contribution in [0.1, 0.15) is 35.1 Å². The van der Waals surface area contributed by atoms with Crippen LogP contribution in [0.2, 0.25) is 0 Å². The summed E-state index contributed by atoms with van der Waals surface area (Å²) >= 11 is 0. The van der Waals surface area contributed by atoms with E-state index in [9.17, 15) is 18.0 Å². The predicted molar refractivity (Wildman–Crippen MR) is 87.1 cm³/mol. The number of rotatable bonds is 5. The van der Waals surface area contributed by atoms with Crippen LogP contribution in [0.3, 0.4) is 0 Å². The maximum absolute atomic E-state index is 12.2. The minimum absolute atomic E-state index is 0.0235. The highest BCUT2D eigenvalue weighted by Gasteiger charge is 2.28. The molecule has 2 heterocycles. The number of carbonyl (C=O) groups is 2. The number of hydrogen-bond donors (Lipinski definition) is 2. The first-order chi connectivity index (χ1) is 10.7. The largest absolute Gasteiger partial charge is 0.351 e. The average molecular weight is 341 g/mol. The second-order valence-electron chi connectivity index (χ2n) is 5.88. The van der Waals surface area contributed by atoms with E-state index in [1.54, 1.807) is 6.07 Å². The Hall–Kier alpha value is -1.83. The maximum atomic E-state index is 12.2. The van der Waals surface area contributed by atoms with Gasteiger partial charge in [0.1, 0.15) is 0 Å². The Kier molecular flexibility index (Phi) is 5.13. The van der Waals surface area contributed by atoms with Gasteiger partial charge >= 0.3 is 0 Å². The van der Waals surface area contributed by atoms with Gasteiger partial charge in [-0.1, -0.05) is 0 Å². The van der Waals surface area contributed by atoms with E-state index < -0.39 is 9.84 Å². The summed E-state index contributed by atoms with van der Waals surface area (Å²) in [5, 5.41) is 5.23. The van der Waals surface area contributed by atoms with Crippen molar-refractivity contribution in [2.45, 2.75) is 39.8 Å². The zero-order valence-corrected chi connectivity index (χ0v) is 14.5. The zero-order chi connectivity index (χ0) is 17.2. The quantitative estimate of drug-likeness (QED) is 0.797. The van der Waals surface area contributed by atoms with E-state index in [4.69, 9.17) is 0 Å². The molecule has 0 bridgehead atoms. The van der Waals surface area contributed by atoms with Crippen molar-refractivity contribution in [3.8, 4) is 0 Å². The molecule has 8 heteroatoms. The Morgan fingerprint density at radius 1 is 1.35 bits per heavy atom. The standard InChI is InChI=1S/C15H23N3O4S/c1-4-18-10(2)7-13(11(18)3)15(20)16-8-14(19)17-12-5-6-23(21,22)9-12/h7,12H,4-6,8-9H2,1-3H3,(H,16,20)(H,17,19)/t12-/m1/s1. The van der Waals surface area contributed by atoms with Gasteiger partial charge in [-0.15, -0.1) is 0 Å². The van der Waals surface area contributed by atoms with Gasteiger partial charge in [-0.25, -0.2) is 8.42 Å². The molecule has 0 unspecified atom stereocenters. The Morgan fingerprint density at radius 3 is 2.57 bits per heavy atom. The highest BCUT2D eigenvalue weighted by molar-refractivity contribution is 7.91. The van der Waals surface area contributed by atoms with Crippen LogP contribution in [0.25, 0.3) is 0 Å². The SMILES string of the molecule is CCn1c(C)cc(C(=O)NCC(=O)N[C@@H]2CCS(=O)(=O)C2)c1C. The first-order valence-corrected chi connectivity index (χ1v) is 9.50. The predicted octanol–water partition coefficient (Wildman–Crippen LogP) is 0.158. The molecule has 2 N–H and O–H groups in total. The van der Waals surface area contributed by atoms with E-state index in [1.165, 1.54) is 0 Å². The van der Waals surface area contributed by atoms with Crippen LogP contribution < -0.4 is 10.6 Å². The number of amides is 2. The first-order valence-electron chi connectivity index (χ1n) is 7.68. The summed E-state index contributed by atoms with van der Waals surface area (Å²) in [7, 11) is -3.03. The van der Waals surface area contributed by atoms with E-state index in [0.717, 1.165) is 17.9 Å². The Morgan fingerprint density at radius 2 is 2.04 bits per heavy atom. The van der Waals surface area contributed by atoms with Gasteiger partial charge in [-0.05, 0) is 33.3 Å². The summed E-state index contributed by atoms with van der Waals surface area (Å²) in [6, 6.07) is 1.45. The van der Waals surface area contributed by atoms with Crippen molar-refractivity contribution in [2.24, 2.45) is 0 Å². The molecule has 0 radical (unpaired) electrons. The topological polar surface area (TPSA) is 97.3 Å². The van der Waals surface area contributed by atoms with Crippen LogP contribution in [0, 0.1) is 13.8 Å². The van der Waals surface area contributed by atoms with Gasteiger partial charge in [-0.3, -0.25) is 9.59 Å². The average Bonchev–Trinajstić information content (AvgIpc) is 2.95. The Balaban J connectivity index is 1.88. The molecule has 2 amide bonds. The van der Waals surface area contributed by atoms with E-state index in [-0.39, 0.29) is 35.9 Å². The lowest BCUT2D eigenvalue weighted by atomic mass is 10.2. The minimum atomic E-state index is -3.03. The summed E-state index contributed by atoms with van der Waals surface area (Å²) in [4.78, 5) is 24.0. The summed E-state index contributed by atoms with van der Waals surface area (Å²) in [5.41, 5.74) is 2.42. The monoisotopic (exact) mass is 341 g/mol. The van der Waals surface area contributed by atoms with Gasteiger partial charge in [0, 0.05) is 24.0 Å². The Labute approximate surface area is 136 Å². The van der Waals surface area contributed by atoms with E-state index in [2.05, 4.69) is 10.6 Å². The summed E-state index contributed by atoms with van der Waals surface area (Å²) < 4.78 is 24.7. The van der Waals surface area contributed by atoms with Gasteiger partial charge in [0.15, 0.2) is 9.84 Å². The highest BCUT2D eigenvalue weighted by atomic mass is 32.2. The van der Waals surface area contributed by atoms with Crippen molar-refractivity contribution in [3.63, 3.8) is 0 Å². The van der Waals surface area contributed by atoms with Crippen molar-refractivity contribution in [1.82, 2.24) is 15.2 Å². The molecule has 128 valence electrons. The normalized spacial score (nSPS) is 19.5. The van der Waals surface area contributed by atoms with Crippen LogP contribution in [0.15, 0.2) is 6.07 Å². The third-order valence-electron chi connectivity index (χ3n) is 4.14. The number of carbonyl (C=O) groups excluding carboxylic acids is 2. The van der Waals surface area contributed by atoms with Gasteiger partial charge < -0.3 is 15.2 Å². The Bertz CT molecular complexity index is 721. The van der Waals surface area contributed by atoms with Crippen LogP contribution in [-0.2, 0) is 21.2 Å². The molecular formula is C15H23N3O4S. The number of hydrogen-bond acceptors (Lipinski definition) is 4. The molecule has 0 spiro atoms. The lowest BCUT2D eigenvalue weighted by molar-refractivity contribution is -0.120. The minimum Gasteiger partial charge on any atom is -0.351 e. The molecule has 1 aliphatic heterocycles.